The molecule has 0 saturated carbocycles. The average molecular weight is 317 g/mol. The molecule has 2 saturated heterocycles. The molecule has 0 amide bonds. The normalized spacial score (nSPS) is 32.6. The maximum atomic E-state index is 13.0. The van der Waals surface area contributed by atoms with Gasteiger partial charge in [0.25, 0.3) is 10.2 Å². The van der Waals surface area contributed by atoms with E-state index in [-0.39, 0.29) is 12.1 Å². The fourth-order valence-corrected chi connectivity index (χ4v) is 5.81. The summed E-state index contributed by atoms with van der Waals surface area (Å²) in [6.45, 7) is 9.41. The van der Waals surface area contributed by atoms with Crippen molar-refractivity contribution in [2.45, 2.75) is 65.0 Å². The van der Waals surface area contributed by atoms with Crippen LogP contribution in [0.5, 0.6) is 0 Å². The van der Waals surface area contributed by atoms with Crippen LogP contribution in [0.2, 0.25) is 0 Å². The van der Waals surface area contributed by atoms with Crippen molar-refractivity contribution in [1.82, 2.24) is 13.9 Å². The molecule has 3 unspecified atom stereocenters. The predicted molar refractivity (Wildman–Crippen MR) is 86.4 cm³/mol. The first-order chi connectivity index (χ1) is 9.96. The Labute approximate surface area is 130 Å². The lowest BCUT2D eigenvalue weighted by atomic mass is 10.1. The highest BCUT2D eigenvalue weighted by Crippen LogP contribution is 2.30. The van der Waals surface area contributed by atoms with Crippen molar-refractivity contribution in [3.05, 3.63) is 0 Å². The van der Waals surface area contributed by atoms with E-state index in [2.05, 4.69) is 19.2 Å². The second-order valence-electron chi connectivity index (χ2n) is 6.73. The third-order valence-corrected chi connectivity index (χ3v) is 6.87. The molecule has 0 aliphatic carbocycles. The van der Waals surface area contributed by atoms with Gasteiger partial charge in [-0.15, -0.1) is 0 Å². The van der Waals surface area contributed by atoms with Crippen molar-refractivity contribution in [1.29, 1.82) is 0 Å². The lowest BCUT2D eigenvalue weighted by Gasteiger charge is -2.38. The minimum atomic E-state index is -3.30. The molecule has 2 aliphatic heterocycles. The van der Waals surface area contributed by atoms with Crippen LogP contribution in [-0.2, 0) is 10.2 Å². The molecule has 2 rings (SSSR count). The first-order valence-corrected chi connectivity index (χ1v) is 9.85. The Hall–Kier alpha value is -0.170. The molecule has 21 heavy (non-hydrogen) atoms. The number of nitrogens with zero attached hydrogens (tertiary/aromatic N) is 2. The zero-order chi connectivity index (χ0) is 15.5. The van der Waals surface area contributed by atoms with Crippen LogP contribution in [0, 0.1) is 5.92 Å². The summed E-state index contributed by atoms with van der Waals surface area (Å²) < 4.78 is 29.5. The molecule has 3 atom stereocenters. The van der Waals surface area contributed by atoms with Gasteiger partial charge in [-0.05, 0) is 45.1 Å². The van der Waals surface area contributed by atoms with Gasteiger partial charge in [-0.3, -0.25) is 0 Å². The summed E-state index contributed by atoms with van der Waals surface area (Å²) in [7, 11) is -3.30. The molecule has 0 aromatic heterocycles. The molecule has 124 valence electrons. The van der Waals surface area contributed by atoms with Crippen LogP contribution < -0.4 is 5.32 Å². The van der Waals surface area contributed by atoms with E-state index in [1.54, 1.807) is 8.61 Å². The van der Waals surface area contributed by atoms with Gasteiger partial charge in [-0.2, -0.15) is 17.0 Å². The lowest BCUT2D eigenvalue weighted by Crippen LogP contribution is -2.54. The van der Waals surface area contributed by atoms with Crippen LogP contribution in [0.25, 0.3) is 0 Å². The zero-order valence-electron chi connectivity index (χ0n) is 13.7. The lowest BCUT2D eigenvalue weighted by molar-refractivity contribution is 0.224. The maximum Gasteiger partial charge on any atom is 0.282 e. The third kappa shape index (κ3) is 3.97. The van der Waals surface area contributed by atoms with E-state index in [0.717, 1.165) is 45.2 Å². The van der Waals surface area contributed by atoms with Crippen LogP contribution in [0.15, 0.2) is 0 Å². The van der Waals surface area contributed by atoms with E-state index >= 15 is 0 Å². The Morgan fingerprint density at radius 2 is 1.95 bits per heavy atom. The molecule has 2 aliphatic rings. The van der Waals surface area contributed by atoms with Gasteiger partial charge in [0.2, 0.25) is 0 Å². The van der Waals surface area contributed by atoms with Crippen LogP contribution in [0.3, 0.4) is 0 Å². The van der Waals surface area contributed by atoms with Crippen LogP contribution in [0.4, 0.5) is 0 Å². The molecule has 0 bridgehead atoms. The van der Waals surface area contributed by atoms with Crippen molar-refractivity contribution in [3.63, 3.8) is 0 Å². The van der Waals surface area contributed by atoms with Crippen molar-refractivity contribution in [3.8, 4) is 0 Å². The molecule has 2 fully saturated rings. The minimum Gasteiger partial charge on any atom is -0.315 e. The molecule has 1 N–H and O–H groups in total. The molecule has 6 heteroatoms. The summed E-state index contributed by atoms with van der Waals surface area (Å²) in [6, 6.07) is 0.259. The van der Waals surface area contributed by atoms with Gasteiger partial charge in [-0.25, -0.2) is 0 Å². The Morgan fingerprint density at radius 3 is 2.57 bits per heavy atom. The van der Waals surface area contributed by atoms with Crippen molar-refractivity contribution >= 4 is 10.2 Å². The fourth-order valence-electron chi connectivity index (χ4n) is 3.65. The van der Waals surface area contributed by atoms with Gasteiger partial charge < -0.3 is 5.32 Å². The van der Waals surface area contributed by atoms with Gasteiger partial charge >= 0.3 is 0 Å². The number of rotatable bonds is 6. The van der Waals surface area contributed by atoms with Crippen LogP contribution in [0.1, 0.15) is 52.9 Å². The van der Waals surface area contributed by atoms with Gasteiger partial charge in [0.1, 0.15) is 0 Å². The first-order valence-electron chi connectivity index (χ1n) is 8.46. The molecule has 0 aromatic carbocycles. The number of hydrogen-bond acceptors (Lipinski definition) is 3. The molecule has 0 radical (unpaired) electrons. The van der Waals surface area contributed by atoms with Crippen molar-refractivity contribution in [2.24, 2.45) is 5.92 Å². The van der Waals surface area contributed by atoms with E-state index < -0.39 is 10.2 Å². The Balaban J connectivity index is 2.08. The highest BCUT2D eigenvalue weighted by molar-refractivity contribution is 7.86. The highest BCUT2D eigenvalue weighted by Gasteiger charge is 2.41. The SMILES string of the molecule is CCCNCC1CCCCN1S(=O)(=O)N1CC(C)CC1C. The van der Waals surface area contributed by atoms with E-state index in [0.29, 0.717) is 19.0 Å². The summed E-state index contributed by atoms with van der Waals surface area (Å²) in [5.41, 5.74) is 0. The molecular weight excluding hydrogens is 286 g/mol. The van der Waals surface area contributed by atoms with Gasteiger partial charge in [0.05, 0.1) is 0 Å². The van der Waals surface area contributed by atoms with E-state index in [1.165, 1.54) is 0 Å². The largest absolute Gasteiger partial charge is 0.315 e. The van der Waals surface area contributed by atoms with Crippen LogP contribution in [-0.4, -0.2) is 55.3 Å². The number of nitrogens with one attached hydrogen (secondary N) is 1. The maximum absolute atomic E-state index is 13.0. The van der Waals surface area contributed by atoms with Crippen LogP contribution >= 0.6 is 0 Å². The molecular formula is C15H31N3O2S. The summed E-state index contributed by atoms with van der Waals surface area (Å²) >= 11 is 0. The summed E-state index contributed by atoms with van der Waals surface area (Å²) in [5.74, 6) is 0.469. The number of piperidine rings is 1. The molecule has 0 spiro atoms. The fraction of sp³-hybridized carbons (Fsp3) is 1.00. The Morgan fingerprint density at radius 1 is 1.19 bits per heavy atom. The van der Waals surface area contributed by atoms with Crippen molar-refractivity contribution in [2.75, 3.05) is 26.2 Å². The first kappa shape index (κ1) is 17.2. The Bertz CT molecular complexity index is 427. The smallest absolute Gasteiger partial charge is 0.282 e. The second-order valence-corrected chi connectivity index (χ2v) is 8.57. The Kier molecular flexibility index (Phi) is 6.05. The monoisotopic (exact) mass is 317 g/mol. The van der Waals surface area contributed by atoms with E-state index in [9.17, 15) is 8.42 Å². The highest BCUT2D eigenvalue weighted by atomic mass is 32.2. The topological polar surface area (TPSA) is 52.7 Å². The average Bonchev–Trinajstić information content (AvgIpc) is 2.79. The summed E-state index contributed by atoms with van der Waals surface area (Å²) in [6.07, 6.45) is 5.16. The van der Waals surface area contributed by atoms with Crippen molar-refractivity contribution < 1.29 is 8.42 Å². The number of hydrogen-bond donors (Lipinski definition) is 1. The van der Waals surface area contributed by atoms with E-state index in [4.69, 9.17) is 0 Å². The second kappa shape index (κ2) is 7.40. The molecule has 0 aromatic rings. The molecule has 2 heterocycles. The third-order valence-electron chi connectivity index (χ3n) is 4.70. The zero-order valence-corrected chi connectivity index (χ0v) is 14.5. The van der Waals surface area contributed by atoms with E-state index in [1.807, 2.05) is 6.92 Å². The van der Waals surface area contributed by atoms with Gasteiger partial charge in [0, 0.05) is 31.7 Å². The summed E-state index contributed by atoms with van der Waals surface area (Å²) in [4.78, 5) is 0. The van der Waals surface area contributed by atoms with Gasteiger partial charge in [-0.1, -0.05) is 20.3 Å². The molecule has 5 nitrogen and oxygen atoms in total. The quantitative estimate of drug-likeness (QED) is 0.760. The summed E-state index contributed by atoms with van der Waals surface area (Å²) in [5, 5.41) is 3.39. The predicted octanol–water partition coefficient (Wildman–Crippen LogP) is 1.82. The standard InChI is InChI=1S/C15H31N3O2S/c1-4-8-16-11-15-7-5-6-9-17(15)21(19,20)18-12-13(2)10-14(18)3/h13-16H,4-12H2,1-3H3. The minimum absolute atomic E-state index is 0.124. The van der Waals surface area contributed by atoms with Gasteiger partial charge in [0.15, 0.2) is 0 Å².